The van der Waals surface area contributed by atoms with E-state index in [2.05, 4.69) is 6.92 Å². The fraction of sp³-hybridized carbons (Fsp3) is 0.650. The number of carbonyl (C=O) groups is 1. The highest BCUT2D eigenvalue weighted by molar-refractivity contribution is 5.72. The summed E-state index contributed by atoms with van der Waals surface area (Å²) in [5.74, 6) is 1.21. The maximum Gasteiger partial charge on any atom is 0.416 e. The van der Waals surface area contributed by atoms with Crippen LogP contribution in [0.25, 0.3) is 0 Å². The van der Waals surface area contributed by atoms with Crippen molar-refractivity contribution in [1.29, 1.82) is 0 Å². The number of carbonyl (C=O) groups excluding carboxylic acids is 1. The van der Waals surface area contributed by atoms with Crippen molar-refractivity contribution in [2.75, 3.05) is 0 Å². The van der Waals surface area contributed by atoms with Crippen LogP contribution in [-0.2, 0) is 11.0 Å². The van der Waals surface area contributed by atoms with Crippen LogP contribution >= 0.6 is 0 Å². The van der Waals surface area contributed by atoms with Gasteiger partial charge in [0.25, 0.3) is 0 Å². The van der Waals surface area contributed by atoms with Gasteiger partial charge in [0.2, 0.25) is 0 Å². The van der Waals surface area contributed by atoms with Crippen LogP contribution in [0.1, 0.15) is 70.3 Å². The number of benzene rings is 1. The average molecular weight is 356 g/mol. The van der Waals surface area contributed by atoms with E-state index in [0.29, 0.717) is 12.3 Å². The third kappa shape index (κ3) is 6.71. The second-order valence-electron chi connectivity index (χ2n) is 7.06. The predicted octanol–water partition coefficient (Wildman–Crippen LogP) is 6.39. The molecule has 0 aliphatic heterocycles. The molecule has 5 heteroatoms. The molecule has 2 nitrogen and oxygen atoms in total. The lowest BCUT2D eigenvalue weighted by Crippen LogP contribution is -2.17. The summed E-state index contributed by atoms with van der Waals surface area (Å²) < 4.78 is 42.6. The van der Waals surface area contributed by atoms with Gasteiger partial charge in [0.15, 0.2) is 0 Å². The van der Waals surface area contributed by atoms with Crippen molar-refractivity contribution in [3.05, 3.63) is 29.8 Å². The highest BCUT2D eigenvalue weighted by Crippen LogP contribution is 2.34. The van der Waals surface area contributed by atoms with Gasteiger partial charge in [-0.05, 0) is 42.5 Å². The lowest BCUT2D eigenvalue weighted by atomic mass is 9.78. The highest BCUT2D eigenvalue weighted by Gasteiger charge is 2.30. The van der Waals surface area contributed by atoms with Gasteiger partial charge >= 0.3 is 12.1 Å². The van der Waals surface area contributed by atoms with Crippen LogP contribution in [0.5, 0.6) is 5.75 Å². The van der Waals surface area contributed by atoms with Gasteiger partial charge < -0.3 is 4.74 Å². The van der Waals surface area contributed by atoms with Crippen molar-refractivity contribution < 1.29 is 22.7 Å². The maximum absolute atomic E-state index is 12.5. The quantitative estimate of drug-likeness (QED) is 0.418. The maximum atomic E-state index is 12.5. The normalized spacial score (nSPS) is 21.1. The monoisotopic (exact) mass is 356 g/mol. The number of halogens is 3. The summed E-state index contributed by atoms with van der Waals surface area (Å²) in [5.41, 5.74) is -0.743. The van der Waals surface area contributed by atoms with Gasteiger partial charge in [0, 0.05) is 6.42 Å². The fourth-order valence-corrected chi connectivity index (χ4v) is 3.52. The molecule has 1 saturated carbocycles. The van der Waals surface area contributed by atoms with Crippen LogP contribution in [0.3, 0.4) is 0 Å². The minimum atomic E-state index is -4.38. The summed E-state index contributed by atoms with van der Waals surface area (Å²) in [6.07, 6.45) is 5.45. The molecular weight excluding hydrogens is 329 g/mol. The van der Waals surface area contributed by atoms with Crippen molar-refractivity contribution in [1.82, 2.24) is 0 Å². The van der Waals surface area contributed by atoms with Gasteiger partial charge in [-0.25, -0.2) is 0 Å². The molecular formula is C20H27F3O2. The molecule has 1 aliphatic carbocycles. The Labute approximate surface area is 147 Å². The van der Waals surface area contributed by atoms with E-state index in [4.69, 9.17) is 4.74 Å². The summed E-state index contributed by atoms with van der Waals surface area (Å²) in [6.45, 7) is 2.22. The summed E-state index contributed by atoms with van der Waals surface area (Å²) >= 11 is 0. The fourth-order valence-electron chi connectivity index (χ4n) is 3.52. The number of esters is 1. The van der Waals surface area contributed by atoms with Gasteiger partial charge in [-0.2, -0.15) is 13.2 Å². The predicted molar refractivity (Wildman–Crippen MR) is 91.3 cm³/mol. The Bertz CT molecular complexity index is 529. The third-order valence-electron chi connectivity index (χ3n) is 5.10. The zero-order chi connectivity index (χ0) is 18.3. The molecule has 2 rings (SSSR count). The minimum Gasteiger partial charge on any atom is -0.427 e. The third-order valence-corrected chi connectivity index (χ3v) is 5.10. The van der Waals surface area contributed by atoms with Gasteiger partial charge in [-0.3, -0.25) is 4.79 Å². The molecule has 0 saturated heterocycles. The summed E-state index contributed by atoms with van der Waals surface area (Å²) in [7, 11) is 0. The molecule has 1 aromatic carbocycles. The summed E-state index contributed by atoms with van der Waals surface area (Å²) in [4.78, 5) is 11.9. The van der Waals surface area contributed by atoms with Crippen LogP contribution in [0.2, 0.25) is 0 Å². The van der Waals surface area contributed by atoms with Gasteiger partial charge in [-0.1, -0.05) is 51.9 Å². The molecule has 0 N–H and O–H groups in total. The molecule has 0 unspecified atom stereocenters. The van der Waals surface area contributed by atoms with Crippen molar-refractivity contribution in [3.63, 3.8) is 0 Å². The Hall–Kier alpha value is -1.52. The molecule has 0 heterocycles. The first-order chi connectivity index (χ1) is 11.9. The number of hydrogen-bond donors (Lipinski definition) is 0. The smallest absolute Gasteiger partial charge is 0.416 e. The molecule has 25 heavy (non-hydrogen) atoms. The molecule has 0 atom stereocenters. The van der Waals surface area contributed by atoms with Crippen LogP contribution in [0, 0.1) is 11.8 Å². The van der Waals surface area contributed by atoms with Crippen LogP contribution < -0.4 is 4.74 Å². The first kappa shape index (κ1) is 19.8. The van der Waals surface area contributed by atoms with Crippen molar-refractivity contribution in [2.45, 2.75) is 70.9 Å². The molecule has 1 fully saturated rings. The van der Waals surface area contributed by atoms with Gasteiger partial charge in [0.1, 0.15) is 5.75 Å². The SMILES string of the molecule is CCCC[C@H]1CC[C@H](CCC(=O)Oc2ccc(C(F)(F)F)cc2)CC1. The largest absolute Gasteiger partial charge is 0.427 e. The van der Waals surface area contributed by atoms with E-state index in [1.807, 2.05) is 0 Å². The zero-order valence-corrected chi connectivity index (χ0v) is 14.8. The van der Waals surface area contributed by atoms with Crippen LogP contribution in [-0.4, -0.2) is 5.97 Å². The van der Waals surface area contributed by atoms with E-state index >= 15 is 0 Å². The number of rotatable bonds is 7. The number of alkyl halides is 3. The number of unbranched alkanes of at least 4 members (excludes halogenated alkanes) is 1. The summed E-state index contributed by atoms with van der Waals surface area (Å²) in [5, 5.41) is 0. The Morgan fingerprint density at radius 1 is 1.04 bits per heavy atom. The Morgan fingerprint density at radius 3 is 2.12 bits per heavy atom. The van der Waals surface area contributed by atoms with Crippen LogP contribution in [0.4, 0.5) is 13.2 Å². The minimum absolute atomic E-state index is 0.168. The Morgan fingerprint density at radius 2 is 1.60 bits per heavy atom. The van der Waals surface area contributed by atoms with Crippen molar-refractivity contribution in [2.24, 2.45) is 11.8 Å². The number of hydrogen-bond acceptors (Lipinski definition) is 2. The first-order valence-corrected chi connectivity index (χ1v) is 9.26. The van der Waals surface area contributed by atoms with E-state index in [0.717, 1.165) is 24.5 Å². The van der Waals surface area contributed by atoms with E-state index in [9.17, 15) is 18.0 Å². The molecule has 0 spiro atoms. The lowest BCUT2D eigenvalue weighted by Gasteiger charge is -2.28. The van der Waals surface area contributed by atoms with Gasteiger partial charge in [0.05, 0.1) is 5.56 Å². The Balaban J connectivity index is 1.69. The molecule has 0 amide bonds. The second-order valence-corrected chi connectivity index (χ2v) is 7.06. The molecule has 140 valence electrons. The van der Waals surface area contributed by atoms with E-state index in [1.165, 1.54) is 57.1 Å². The molecule has 0 bridgehead atoms. The molecule has 0 radical (unpaired) electrons. The Kier molecular flexibility index (Phi) is 7.33. The van der Waals surface area contributed by atoms with Gasteiger partial charge in [-0.15, -0.1) is 0 Å². The van der Waals surface area contributed by atoms with Crippen LogP contribution in [0.15, 0.2) is 24.3 Å². The summed E-state index contributed by atoms with van der Waals surface area (Å²) in [6, 6.07) is 4.25. The average Bonchev–Trinajstić information content (AvgIpc) is 2.59. The highest BCUT2D eigenvalue weighted by atomic mass is 19.4. The standard InChI is InChI=1S/C20H27F3O2/c1-2-3-4-15-5-7-16(8-6-15)9-14-19(24)25-18-12-10-17(11-13-18)20(21,22)23/h10-13,15-16H,2-9,14H2,1H3/t15-,16-. The topological polar surface area (TPSA) is 26.3 Å². The van der Waals surface area contributed by atoms with E-state index < -0.39 is 11.7 Å². The van der Waals surface area contributed by atoms with Crippen molar-refractivity contribution in [3.8, 4) is 5.75 Å². The zero-order valence-electron chi connectivity index (χ0n) is 14.8. The molecule has 0 aromatic heterocycles. The van der Waals surface area contributed by atoms with E-state index in [-0.39, 0.29) is 11.7 Å². The second kappa shape index (κ2) is 9.25. The number of ether oxygens (including phenoxy) is 1. The van der Waals surface area contributed by atoms with E-state index in [1.54, 1.807) is 0 Å². The van der Waals surface area contributed by atoms with Crippen molar-refractivity contribution >= 4 is 5.97 Å². The molecule has 1 aromatic rings. The molecule has 1 aliphatic rings. The lowest BCUT2D eigenvalue weighted by molar-refractivity contribution is -0.137. The first-order valence-electron chi connectivity index (χ1n) is 9.26.